The molecule has 2 rings (SSSR count). The summed E-state index contributed by atoms with van der Waals surface area (Å²) in [5.41, 5.74) is 1.47. The highest BCUT2D eigenvalue weighted by molar-refractivity contribution is 6.33. The van der Waals surface area contributed by atoms with Crippen molar-refractivity contribution in [3.63, 3.8) is 0 Å². The van der Waals surface area contributed by atoms with Crippen LogP contribution in [0.5, 0.6) is 5.88 Å². The average Bonchev–Trinajstić information content (AvgIpc) is 2.39. The molecule has 0 aliphatic rings. The van der Waals surface area contributed by atoms with E-state index in [2.05, 4.69) is 4.98 Å². The number of hydrogen-bond donors (Lipinski definition) is 1. The van der Waals surface area contributed by atoms with E-state index in [9.17, 15) is 4.79 Å². The Hall–Kier alpha value is -2.07. The van der Waals surface area contributed by atoms with Crippen LogP contribution in [0, 0.1) is 0 Å². The summed E-state index contributed by atoms with van der Waals surface area (Å²) in [7, 11) is 1.51. The second-order valence-corrected chi connectivity index (χ2v) is 3.97. The smallest absolute Gasteiger partial charge is 0.337 e. The van der Waals surface area contributed by atoms with Crippen LogP contribution in [-0.4, -0.2) is 23.2 Å². The monoisotopic (exact) mass is 263 g/mol. The maximum absolute atomic E-state index is 11.0. The van der Waals surface area contributed by atoms with Crippen molar-refractivity contribution in [2.75, 3.05) is 7.11 Å². The molecule has 1 aromatic heterocycles. The van der Waals surface area contributed by atoms with Crippen LogP contribution >= 0.6 is 11.6 Å². The topological polar surface area (TPSA) is 59.4 Å². The van der Waals surface area contributed by atoms with Crippen molar-refractivity contribution in [3.8, 4) is 17.0 Å². The van der Waals surface area contributed by atoms with Gasteiger partial charge in [0.1, 0.15) is 0 Å². The van der Waals surface area contributed by atoms with Crippen LogP contribution in [0.3, 0.4) is 0 Å². The van der Waals surface area contributed by atoms with Gasteiger partial charge in [-0.05, 0) is 29.8 Å². The highest BCUT2D eigenvalue weighted by Gasteiger charge is 2.12. The summed E-state index contributed by atoms with van der Waals surface area (Å²) in [6.45, 7) is 0. The Morgan fingerprint density at radius 3 is 2.83 bits per heavy atom. The number of rotatable bonds is 3. The number of nitrogens with zero attached hydrogens (tertiary/aromatic N) is 1. The van der Waals surface area contributed by atoms with Gasteiger partial charge in [0.15, 0.2) is 0 Å². The van der Waals surface area contributed by atoms with Gasteiger partial charge in [-0.3, -0.25) is 0 Å². The van der Waals surface area contributed by atoms with E-state index in [0.717, 1.165) is 5.56 Å². The molecule has 0 aliphatic heterocycles. The number of methoxy groups -OCH3 is 1. The zero-order valence-corrected chi connectivity index (χ0v) is 10.3. The first-order chi connectivity index (χ1) is 8.63. The maximum Gasteiger partial charge on any atom is 0.337 e. The third kappa shape index (κ3) is 2.28. The molecule has 0 atom stereocenters. The van der Waals surface area contributed by atoms with Crippen molar-refractivity contribution in [3.05, 3.63) is 47.1 Å². The standard InChI is InChI=1S/C13H10ClNO3/c1-18-12-9(3-2-6-15-12)8-4-5-11(14)10(7-8)13(16)17/h2-7H,1H3,(H,16,17). The lowest BCUT2D eigenvalue weighted by Crippen LogP contribution is -1.98. The first kappa shape index (κ1) is 12.4. The molecule has 1 N–H and O–H groups in total. The number of carboxylic acids is 1. The maximum atomic E-state index is 11.0. The van der Waals surface area contributed by atoms with Gasteiger partial charge in [-0.2, -0.15) is 0 Å². The zero-order chi connectivity index (χ0) is 13.1. The molecule has 0 fully saturated rings. The Morgan fingerprint density at radius 2 is 2.17 bits per heavy atom. The summed E-state index contributed by atoms with van der Waals surface area (Å²) in [6.07, 6.45) is 1.61. The number of halogens is 1. The Morgan fingerprint density at radius 1 is 1.39 bits per heavy atom. The molecule has 18 heavy (non-hydrogen) atoms. The fourth-order valence-corrected chi connectivity index (χ4v) is 1.83. The minimum Gasteiger partial charge on any atom is -0.481 e. The number of carboxylic acid groups (broad SMARTS) is 1. The summed E-state index contributed by atoms with van der Waals surface area (Å²) in [5.74, 6) is -0.624. The third-order valence-corrected chi connectivity index (χ3v) is 2.80. The van der Waals surface area contributed by atoms with Crippen LogP contribution in [0.2, 0.25) is 5.02 Å². The SMILES string of the molecule is COc1ncccc1-c1ccc(Cl)c(C(=O)O)c1. The fraction of sp³-hybridized carbons (Fsp3) is 0.0769. The van der Waals surface area contributed by atoms with Gasteiger partial charge in [0.25, 0.3) is 0 Å². The number of hydrogen-bond acceptors (Lipinski definition) is 3. The first-order valence-electron chi connectivity index (χ1n) is 5.15. The van der Waals surface area contributed by atoms with Gasteiger partial charge in [0, 0.05) is 11.8 Å². The quantitative estimate of drug-likeness (QED) is 0.924. The van der Waals surface area contributed by atoms with Crippen molar-refractivity contribution < 1.29 is 14.6 Å². The molecule has 5 heteroatoms. The molecule has 0 amide bonds. The third-order valence-electron chi connectivity index (χ3n) is 2.47. The van der Waals surface area contributed by atoms with E-state index >= 15 is 0 Å². The fourth-order valence-electron chi connectivity index (χ4n) is 1.63. The average molecular weight is 264 g/mol. The van der Waals surface area contributed by atoms with Crippen LogP contribution in [-0.2, 0) is 0 Å². The van der Waals surface area contributed by atoms with E-state index < -0.39 is 5.97 Å². The minimum atomic E-state index is -1.07. The lowest BCUT2D eigenvalue weighted by atomic mass is 10.0. The van der Waals surface area contributed by atoms with Crippen molar-refractivity contribution in [1.29, 1.82) is 0 Å². The summed E-state index contributed by atoms with van der Waals surface area (Å²) < 4.78 is 5.14. The van der Waals surface area contributed by atoms with Gasteiger partial charge in [0.2, 0.25) is 5.88 Å². The summed E-state index contributed by atoms with van der Waals surface area (Å²) in [4.78, 5) is 15.1. The Bertz CT molecular complexity index is 599. The minimum absolute atomic E-state index is 0.0556. The molecule has 0 saturated heterocycles. The van der Waals surface area contributed by atoms with Crippen LogP contribution < -0.4 is 4.74 Å². The van der Waals surface area contributed by atoms with Crippen molar-refractivity contribution in [2.24, 2.45) is 0 Å². The lowest BCUT2D eigenvalue weighted by molar-refractivity contribution is 0.0697. The second kappa shape index (κ2) is 5.06. The van der Waals surface area contributed by atoms with Gasteiger partial charge in [-0.15, -0.1) is 0 Å². The molecular weight excluding hydrogens is 254 g/mol. The summed E-state index contributed by atoms with van der Waals surface area (Å²) >= 11 is 5.82. The van der Waals surface area contributed by atoms with Gasteiger partial charge < -0.3 is 9.84 Å². The van der Waals surface area contributed by atoms with Crippen LogP contribution in [0.1, 0.15) is 10.4 Å². The van der Waals surface area contributed by atoms with Crippen LogP contribution in [0.25, 0.3) is 11.1 Å². The van der Waals surface area contributed by atoms with E-state index in [1.54, 1.807) is 30.5 Å². The summed E-state index contributed by atoms with van der Waals surface area (Å²) in [6, 6.07) is 8.35. The number of aromatic carboxylic acids is 1. The van der Waals surface area contributed by atoms with Gasteiger partial charge >= 0.3 is 5.97 Å². The van der Waals surface area contributed by atoms with Crippen molar-refractivity contribution in [1.82, 2.24) is 4.98 Å². The molecule has 0 spiro atoms. The molecule has 0 radical (unpaired) electrons. The Balaban J connectivity index is 2.58. The van der Waals surface area contributed by atoms with Crippen LogP contribution in [0.4, 0.5) is 0 Å². The molecule has 0 unspecified atom stereocenters. The molecule has 1 aromatic carbocycles. The van der Waals surface area contributed by atoms with Crippen molar-refractivity contribution >= 4 is 17.6 Å². The molecule has 2 aromatic rings. The first-order valence-corrected chi connectivity index (χ1v) is 5.53. The van der Waals surface area contributed by atoms with Crippen LogP contribution in [0.15, 0.2) is 36.5 Å². The number of aromatic nitrogens is 1. The van der Waals surface area contributed by atoms with E-state index in [-0.39, 0.29) is 10.6 Å². The van der Waals surface area contributed by atoms with Gasteiger partial charge in [-0.25, -0.2) is 9.78 Å². The predicted molar refractivity (Wildman–Crippen MR) is 68.2 cm³/mol. The zero-order valence-electron chi connectivity index (χ0n) is 9.55. The second-order valence-electron chi connectivity index (χ2n) is 3.56. The molecule has 4 nitrogen and oxygen atoms in total. The molecule has 0 bridgehead atoms. The highest BCUT2D eigenvalue weighted by atomic mass is 35.5. The highest BCUT2D eigenvalue weighted by Crippen LogP contribution is 2.30. The predicted octanol–water partition coefficient (Wildman–Crippen LogP) is 3.11. The number of pyridine rings is 1. The largest absolute Gasteiger partial charge is 0.481 e. The molecular formula is C13H10ClNO3. The number of carbonyl (C=O) groups is 1. The molecule has 0 aliphatic carbocycles. The lowest BCUT2D eigenvalue weighted by Gasteiger charge is -2.08. The number of benzene rings is 1. The normalized spacial score (nSPS) is 10.1. The Kier molecular flexibility index (Phi) is 3.48. The molecule has 92 valence electrons. The molecule has 1 heterocycles. The van der Waals surface area contributed by atoms with Gasteiger partial charge in [0.05, 0.1) is 17.7 Å². The summed E-state index contributed by atoms with van der Waals surface area (Å²) in [5, 5.41) is 9.24. The van der Waals surface area contributed by atoms with Crippen molar-refractivity contribution in [2.45, 2.75) is 0 Å². The van der Waals surface area contributed by atoms with E-state index in [1.807, 2.05) is 0 Å². The van der Waals surface area contributed by atoms with E-state index in [4.69, 9.17) is 21.4 Å². The van der Waals surface area contributed by atoms with E-state index in [1.165, 1.54) is 13.2 Å². The van der Waals surface area contributed by atoms with Gasteiger partial charge in [-0.1, -0.05) is 17.7 Å². The molecule has 0 saturated carbocycles. The van der Waals surface area contributed by atoms with E-state index in [0.29, 0.717) is 11.4 Å². The Labute approximate surface area is 109 Å². The number of ether oxygens (including phenoxy) is 1.